The van der Waals surface area contributed by atoms with Crippen molar-refractivity contribution in [1.82, 2.24) is 0 Å². The topological polar surface area (TPSA) is 35.2 Å². The van der Waals surface area contributed by atoms with Gasteiger partial charge in [0.15, 0.2) is 0 Å². The first-order chi connectivity index (χ1) is 6.82. The zero-order chi connectivity index (χ0) is 10.0. The maximum Gasteiger partial charge on any atom is 0.122 e. The molecule has 3 heteroatoms. The minimum atomic E-state index is 0. The molecule has 0 unspecified atom stereocenters. The predicted octanol–water partition coefficient (Wildman–Crippen LogP) is 2.50. The number of ether oxygens (including phenoxy) is 1. The van der Waals surface area contributed by atoms with Gasteiger partial charge in [-0.2, -0.15) is 0 Å². The fourth-order valence-corrected chi connectivity index (χ4v) is 2.27. The molecule has 1 aliphatic carbocycles. The monoisotopic (exact) mass is 227 g/mol. The van der Waals surface area contributed by atoms with Crippen LogP contribution < -0.4 is 10.5 Å². The van der Waals surface area contributed by atoms with Crippen molar-refractivity contribution in [3.05, 3.63) is 29.8 Å². The van der Waals surface area contributed by atoms with Gasteiger partial charge in [0.2, 0.25) is 0 Å². The van der Waals surface area contributed by atoms with Crippen molar-refractivity contribution in [2.45, 2.75) is 24.7 Å². The Morgan fingerprint density at radius 2 is 2.00 bits per heavy atom. The first kappa shape index (κ1) is 12.3. The third-order valence-electron chi connectivity index (χ3n) is 3.38. The maximum atomic E-state index is 5.87. The number of rotatable bonds is 3. The van der Waals surface area contributed by atoms with E-state index < -0.39 is 0 Å². The predicted molar refractivity (Wildman–Crippen MR) is 64.8 cm³/mol. The summed E-state index contributed by atoms with van der Waals surface area (Å²) in [5.74, 6) is 0.984. The molecule has 84 valence electrons. The van der Waals surface area contributed by atoms with E-state index in [0.29, 0.717) is 0 Å². The molecule has 2 N–H and O–H groups in total. The van der Waals surface area contributed by atoms with E-state index in [9.17, 15) is 0 Å². The zero-order valence-electron chi connectivity index (χ0n) is 9.03. The number of hydrogen-bond acceptors (Lipinski definition) is 2. The smallest absolute Gasteiger partial charge is 0.122 e. The Balaban J connectivity index is 0.00000112. The molecular weight excluding hydrogens is 210 g/mol. The van der Waals surface area contributed by atoms with Crippen LogP contribution in [0.3, 0.4) is 0 Å². The number of hydrogen-bond donors (Lipinski definition) is 1. The van der Waals surface area contributed by atoms with Crippen LogP contribution in [0.25, 0.3) is 0 Å². The molecule has 0 amide bonds. The molecule has 0 radical (unpaired) electrons. The SMILES string of the molecule is COc1ccccc1C1(CN)CCC1.Cl. The summed E-state index contributed by atoms with van der Waals surface area (Å²) in [5, 5.41) is 0. The van der Waals surface area contributed by atoms with E-state index in [2.05, 4.69) is 12.1 Å². The zero-order valence-corrected chi connectivity index (χ0v) is 9.85. The molecule has 1 aromatic carbocycles. The minimum absolute atomic E-state index is 0. The van der Waals surface area contributed by atoms with Gasteiger partial charge in [0.25, 0.3) is 0 Å². The Morgan fingerprint density at radius 3 is 2.47 bits per heavy atom. The fourth-order valence-electron chi connectivity index (χ4n) is 2.27. The first-order valence-corrected chi connectivity index (χ1v) is 5.16. The van der Waals surface area contributed by atoms with Crippen molar-refractivity contribution in [3.8, 4) is 5.75 Å². The minimum Gasteiger partial charge on any atom is -0.496 e. The molecule has 1 saturated carbocycles. The summed E-state index contributed by atoms with van der Waals surface area (Å²) in [6.45, 7) is 0.730. The Labute approximate surface area is 97.2 Å². The molecule has 2 rings (SSSR count). The summed E-state index contributed by atoms with van der Waals surface area (Å²) >= 11 is 0. The Kier molecular flexibility index (Phi) is 4.00. The van der Waals surface area contributed by atoms with Crippen molar-refractivity contribution in [2.75, 3.05) is 13.7 Å². The van der Waals surface area contributed by atoms with Crippen LogP contribution in [0.2, 0.25) is 0 Å². The van der Waals surface area contributed by atoms with E-state index in [1.54, 1.807) is 7.11 Å². The van der Waals surface area contributed by atoms with Gasteiger partial charge in [-0.25, -0.2) is 0 Å². The summed E-state index contributed by atoms with van der Waals surface area (Å²) in [5.41, 5.74) is 7.36. The Hall–Kier alpha value is -0.730. The fraction of sp³-hybridized carbons (Fsp3) is 0.500. The van der Waals surface area contributed by atoms with Crippen LogP contribution in [-0.2, 0) is 5.41 Å². The molecule has 0 aliphatic heterocycles. The van der Waals surface area contributed by atoms with Crippen LogP contribution >= 0.6 is 12.4 Å². The van der Waals surface area contributed by atoms with Gasteiger partial charge in [0.05, 0.1) is 7.11 Å². The molecule has 0 bridgehead atoms. The van der Waals surface area contributed by atoms with Crippen molar-refractivity contribution in [2.24, 2.45) is 5.73 Å². The number of halogens is 1. The van der Waals surface area contributed by atoms with E-state index in [1.165, 1.54) is 24.8 Å². The van der Waals surface area contributed by atoms with Crippen LogP contribution in [0.1, 0.15) is 24.8 Å². The summed E-state index contributed by atoms with van der Waals surface area (Å²) < 4.78 is 5.37. The van der Waals surface area contributed by atoms with Gasteiger partial charge in [0, 0.05) is 17.5 Å². The number of nitrogens with two attached hydrogens (primary N) is 1. The lowest BCUT2D eigenvalue weighted by molar-refractivity contribution is 0.243. The van der Waals surface area contributed by atoms with E-state index in [4.69, 9.17) is 10.5 Å². The third-order valence-corrected chi connectivity index (χ3v) is 3.38. The van der Waals surface area contributed by atoms with Crippen LogP contribution in [0.15, 0.2) is 24.3 Å². The van der Waals surface area contributed by atoms with Gasteiger partial charge >= 0.3 is 0 Å². The molecule has 0 saturated heterocycles. The highest BCUT2D eigenvalue weighted by Gasteiger charge is 2.39. The second kappa shape index (κ2) is 4.86. The summed E-state index contributed by atoms with van der Waals surface area (Å²) in [6.07, 6.45) is 3.68. The quantitative estimate of drug-likeness (QED) is 0.861. The van der Waals surface area contributed by atoms with Crippen LogP contribution in [0, 0.1) is 0 Å². The molecule has 15 heavy (non-hydrogen) atoms. The highest BCUT2D eigenvalue weighted by atomic mass is 35.5. The summed E-state index contributed by atoms with van der Waals surface area (Å²) in [6, 6.07) is 8.23. The normalized spacial score (nSPS) is 17.5. The molecule has 1 aliphatic rings. The van der Waals surface area contributed by atoms with Crippen LogP contribution in [0.4, 0.5) is 0 Å². The highest BCUT2D eigenvalue weighted by Crippen LogP contribution is 2.46. The molecule has 1 fully saturated rings. The highest BCUT2D eigenvalue weighted by molar-refractivity contribution is 5.85. The number of para-hydroxylation sites is 1. The van der Waals surface area contributed by atoms with Crippen molar-refractivity contribution >= 4 is 12.4 Å². The van der Waals surface area contributed by atoms with Gasteiger partial charge < -0.3 is 10.5 Å². The third kappa shape index (κ3) is 1.97. The van der Waals surface area contributed by atoms with Crippen LogP contribution in [0.5, 0.6) is 5.75 Å². The van der Waals surface area contributed by atoms with Gasteiger partial charge in [-0.1, -0.05) is 24.6 Å². The molecule has 2 nitrogen and oxygen atoms in total. The molecule has 0 heterocycles. The van der Waals surface area contributed by atoms with E-state index in [-0.39, 0.29) is 17.8 Å². The largest absolute Gasteiger partial charge is 0.496 e. The second-order valence-electron chi connectivity index (χ2n) is 4.04. The average Bonchev–Trinajstić information content (AvgIpc) is 2.18. The Bertz CT molecular complexity index is 318. The van der Waals surface area contributed by atoms with Crippen molar-refractivity contribution < 1.29 is 4.74 Å². The summed E-state index contributed by atoms with van der Waals surface area (Å²) in [7, 11) is 1.72. The van der Waals surface area contributed by atoms with Crippen molar-refractivity contribution in [1.29, 1.82) is 0 Å². The number of benzene rings is 1. The lowest BCUT2D eigenvalue weighted by Crippen LogP contribution is -2.41. The molecule has 1 aromatic rings. The summed E-state index contributed by atoms with van der Waals surface area (Å²) in [4.78, 5) is 0. The first-order valence-electron chi connectivity index (χ1n) is 5.16. The second-order valence-corrected chi connectivity index (χ2v) is 4.04. The lowest BCUT2D eigenvalue weighted by atomic mass is 9.64. The molecule has 0 aromatic heterocycles. The van der Waals surface area contributed by atoms with Gasteiger partial charge in [-0.05, 0) is 18.9 Å². The number of methoxy groups -OCH3 is 1. The maximum absolute atomic E-state index is 5.87. The van der Waals surface area contributed by atoms with E-state index in [0.717, 1.165) is 12.3 Å². The van der Waals surface area contributed by atoms with E-state index in [1.807, 2.05) is 12.1 Å². The standard InChI is InChI=1S/C12H17NO.ClH/c1-14-11-6-3-2-5-10(11)12(9-13)7-4-8-12;/h2-3,5-6H,4,7-9,13H2,1H3;1H. The molecule has 0 atom stereocenters. The average molecular weight is 228 g/mol. The van der Waals surface area contributed by atoms with Gasteiger partial charge in [-0.15, -0.1) is 12.4 Å². The van der Waals surface area contributed by atoms with E-state index >= 15 is 0 Å². The Morgan fingerprint density at radius 1 is 1.33 bits per heavy atom. The lowest BCUT2D eigenvalue weighted by Gasteiger charge is -2.42. The molecular formula is C12H18ClNO. The van der Waals surface area contributed by atoms with Crippen molar-refractivity contribution in [3.63, 3.8) is 0 Å². The van der Waals surface area contributed by atoms with Crippen LogP contribution in [-0.4, -0.2) is 13.7 Å². The van der Waals surface area contributed by atoms with Gasteiger partial charge in [-0.3, -0.25) is 0 Å². The van der Waals surface area contributed by atoms with Gasteiger partial charge in [0.1, 0.15) is 5.75 Å². The molecule has 0 spiro atoms.